The van der Waals surface area contributed by atoms with Gasteiger partial charge in [0.15, 0.2) is 5.65 Å². The quantitative estimate of drug-likeness (QED) is 0.477. The molecule has 8 nitrogen and oxygen atoms in total. The van der Waals surface area contributed by atoms with E-state index in [0.717, 1.165) is 16.7 Å². The number of benzene rings is 2. The third kappa shape index (κ3) is 3.48. The second-order valence-electron chi connectivity index (χ2n) is 7.28. The lowest BCUT2D eigenvalue weighted by Crippen LogP contribution is -2.33. The molecule has 0 aliphatic carbocycles. The van der Waals surface area contributed by atoms with Gasteiger partial charge in [0, 0.05) is 5.39 Å². The Labute approximate surface area is 176 Å². The molecule has 1 atom stereocenters. The molecule has 0 spiro atoms. The number of furan rings is 1. The van der Waals surface area contributed by atoms with Gasteiger partial charge in [-0.05, 0) is 31.2 Å². The van der Waals surface area contributed by atoms with Crippen molar-refractivity contribution in [1.29, 1.82) is 0 Å². The summed E-state index contributed by atoms with van der Waals surface area (Å²) in [7, 11) is 0. The van der Waals surface area contributed by atoms with Crippen molar-refractivity contribution >= 4 is 27.9 Å². The molecule has 8 heteroatoms. The van der Waals surface area contributed by atoms with Gasteiger partial charge in [-0.25, -0.2) is 9.67 Å². The highest BCUT2D eigenvalue weighted by Gasteiger charge is 2.17. The maximum absolute atomic E-state index is 12.9. The number of nitrogens with one attached hydrogen (secondary N) is 1. The molecule has 31 heavy (non-hydrogen) atoms. The molecule has 0 aliphatic heterocycles. The van der Waals surface area contributed by atoms with E-state index in [2.05, 4.69) is 15.4 Å². The molecule has 0 saturated carbocycles. The van der Waals surface area contributed by atoms with Crippen molar-refractivity contribution in [1.82, 2.24) is 24.6 Å². The van der Waals surface area contributed by atoms with E-state index in [1.54, 1.807) is 4.68 Å². The van der Waals surface area contributed by atoms with Crippen LogP contribution in [0.25, 0.3) is 27.7 Å². The summed E-state index contributed by atoms with van der Waals surface area (Å²) in [5.41, 5.74) is 1.70. The summed E-state index contributed by atoms with van der Waals surface area (Å²) in [6, 6.07) is 18.7. The lowest BCUT2D eigenvalue weighted by molar-refractivity contribution is -0.122. The molecule has 3 aromatic heterocycles. The Morgan fingerprint density at radius 2 is 1.90 bits per heavy atom. The van der Waals surface area contributed by atoms with E-state index >= 15 is 0 Å². The summed E-state index contributed by atoms with van der Waals surface area (Å²) < 4.78 is 8.68. The molecule has 154 valence electrons. The minimum Gasteiger partial charge on any atom is -0.459 e. The maximum atomic E-state index is 12.9. The topological polar surface area (TPSA) is 95.0 Å². The van der Waals surface area contributed by atoms with Crippen molar-refractivity contribution in [3.05, 3.63) is 89.3 Å². The molecular formula is C23H19N5O3. The van der Waals surface area contributed by atoms with Crippen LogP contribution in [0.5, 0.6) is 0 Å². The Hall–Kier alpha value is -4.20. The summed E-state index contributed by atoms with van der Waals surface area (Å²) in [4.78, 5) is 29.8. The van der Waals surface area contributed by atoms with Gasteiger partial charge < -0.3 is 9.73 Å². The number of aromatic nitrogens is 4. The van der Waals surface area contributed by atoms with Crippen molar-refractivity contribution in [2.45, 2.75) is 19.5 Å². The van der Waals surface area contributed by atoms with Crippen LogP contribution in [-0.4, -0.2) is 25.2 Å². The second kappa shape index (κ2) is 7.56. The van der Waals surface area contributed by atoms with E-state index in [4.69, 9.17) is 4.42 Å². The van der Waals surface area contributed by atoms with Gasteiger partial charge in [0.1, 0.15) is 29.6 Å². The van der Waals surface area contributed by atoms with Crippen molar-refractivity contribution in [3.63, 3.8) is 0 Å². The zero-order chi connectivity index (χ0) is 21.4. The van der Waals surface area contributed by atoms with Gasteiger partial charge in [-0.1, -0.05) is 36.4 Å². The standard InChI is InChI=1S/C23H19N5O3/c1-15(20-11-16-7-5-6-10-19(16)31-20)26-21(29)13-27-14-24-22-18(23(27)30)12-25-28(22)17-8-3-2-4-9-17/h2-12,14-15H,13H2,1H3,(H,26,29)/t15-/m1/s1. The summed E-state index contributed by atoms with van der Waals surface area (Å²) >= 11 is 0. The van der Waals surface area contributed by atoms with E-state index in [9.17, 15) is 9.59 Å². The second-order valence-corrected chi connectivity index (χ2v) is 7.28. The van der Waals surface area contributed by atoms with Crippen molar-refractivity contribution in [3.8, 4) is 5.69 Å². The summed E-state index contributed by atoms with van der Waals surface area (Å²) in [5, 5.41) is 8.48. The average Bonchev–Trinajstić information content (AvgIpc) is 3.41. The first kappa shape index (κ1) is 18.8. The number of para-hydroxylation sites is 2. The summed E-state index contributed by atoms with van der Waals surface area (Å²) in [6.45, 7) is 1.69. The first-order valence-electron chi connectivity index (χ1n) is 9.86. The number of hydrogen-bond acceptors (Lipinski definition) is 5. The monoisotopic (exact) mass is 413 g/mol. The number of amides is 1. The molecule has 3 heterocycles. The van der Waals surface area contributed by atoms with Gasteiger partial charge in [0.05, 0.1) is 17.9 Å². The van der Waals surface area contributed by atoms with Crippen LogP contribution < -0.4 is 10.9 Å². The number of fused-ring (bicyclic) bond motifs is 2. The van der Waals surface area contributed by atoms with Crippen LogP contribution in [0, 0.1) is 0 Å². The third-order valence-corrected chi connectivity index (χ3v) is 5.12. The van der Waals surface area contributed by atoms with Crippen LogP contribution in [0.2, 0.25) is 0 Å². The van der Waals surface area contributed by atoms with E-state index in [1.807, 2.05) is 67.6 Å². The predicted molar refractivity (Wildman–Crippen MR) is 116 cm³/mol. The first-order chi connectivity index (χ1) is 15.1. The highest BCUT2D eigenvalue weighted by Crippen LogP contribution is 2.23. The van der Waals surface area contributed by atoms with Gasteiger partial charge >= 0.3 is 0 Å². The minimum absolute atomic E-state index is 0.150. The molecule has 0 unspecified atom stereocenters. The van der Waals surface area contributed by atoms with Gasteiger partial charge in [-0.2, -0.15) is 5.10 Å². The van der Waals surface area contributed by atoms with Crippen LogP contribution in [0.1, 0.15) is 18.7 Å². The molecule has 0 radical (unpaired) electrons. The first-order valence-corrected chi connectivity index (χ1v) is 9.86. The molecule has 1 N–H and O–H groups in total. The van der Waals surface area contributed by atoms with Crippen molar-refractivity contribution in [2.75, 3.05) is 0 Å². The fraction of sp³-hybridized carbons (Fsp3) is 0.130. The molecule has 0 bridgehead atoms. The van der Waals surface area contributed by atoms with E-state index < -0.39 is 0 Å². The van der Waals surface area contributed by atoms with E-state index in [1.165, 1.54) is 17.1 Å². The number of hydrogen-bond donors (Lipinski definition) is 1. The SMILES string of the molecule is C[C@@H](NC(=O)Cn1cnc2c(cnn2-c2ccccc2)c1=O)c1cc2ccccc2o1. The smallest absolute Gasteiger partial charge is 0.264 e. The maximum Gasteiger partial charge on any atom is 0.264 e. The summed E-state index contributed by atoms with van der Waals surface area (Å²) in [5.74, 6) is 0.339. The van der Waals surface area contributed by atoms with E-state index in [-0.39, 0.29) is 24.1 Å². The van der Waals surface area contributed by atoms with Gasteiger partial charge in [0.25, 0.3) is 5.56 Å². The molecule has 0 fully saturated rings. The molecule has 2 aromatic carbocycles. The Bertz CT molecular complexity index is 1420. The molecule has 0 aliphatic rings. The molecular weight excluding hydrogens is 394 g/mol. The summed E-state index contributed by atoms with van der Waals surface area (Å²) in [6.07, 6.45) is 2.85. The molecule has 0 saturated heterocycles. The highest BCUT2D eigenvalue weighted by molar-refractivity contribution is 5.80. The molecule has 1 amide bonds. The Balaban J connectivity index is 1.35. The number of carbonyl (C=O) groups excluding carboxylic acids is 1. The highest BCUT2D eigenvalue weighted by atomic mass is 16.3. The zero-order valence-electron chi connectivity index (χ0n) is 16.7. The lowest BCUT2D eigenvalue weighted by atomic mass is 10.2. The van der Waals surface area contributed by atoms with Gasteiger partial charge in [-0.15, -0.1) is 0 Å². The average molecular weight is 413 g/mol. The largest absolute Gasteiger partial charge is 0.459 e. The number of carbonyl (C=O) groups is 1. The lowest BCUT2D eigenvalue weighted by Gasteiger charge is -2.12. The van der Waals surface area contributed by atoms with Crippen molar-refractivity contribution in [2.24, 2.45) is 0 Å². The van der Waals surface area contributed by atoms with Crippen LogP contribution in [0.4, 0.5) is 0 Å². The molecule has 5 rings (SSSR count). The van der Waals surface area contributed by atoms with Gasteiger partial charge in [0.2, 0.25) is 5.91 Å². The van der Waals surface area contributed by atoms with Crippen LogP contribution in [0.3, 0.4) is 0 Å². The van der Waals surface area contributed by atoms with E-state index in [0.29, 0.717) is 16.8 Å². The minimum atomic E-state index is -0.340. The third-order valence-electron chi connectivity index (χ3n) is 5.12. The van der Waals surface area contributed by atoms with Gasteiger partial charge in [-0.3, -0.25) is 14.2 Å². The Morgan fingerprint density at radius 1 is 1.13 bits per heavy atom. The van der Waals surface area contributed by atoms with Crippen LogP contribution in [0.15, 0.2) is 82.4 Å². The van der Waals surface area contributed by atoms with Crippen LogP contribution >= 0.6 is 0 Å². The fourth-order valence-electron chi connectivity index (χ4n) is 3.55. The Kier molecular flexibility index (Phi) is 4.59. The normalized spacial score (nSPS) is 12.3. The molecule has 5 aromatic rings. The van der Waals surface area contributed by atoms with Crippen LogP contribution in [-0.2, 0) is 11.3 Å². The Morgan fingerprint density at radius 3 is 2.71 bits per heavy atom. The predicted octanol–water partition coefficient (Wildman–Crippen LogP) is 3.21. The number of nitrogens with zero attached hydrogens (tertiary/aromatic N) is 4. The van der Waals surface area contributed by atoms with Crippen molar-refractivity contribution < 1.29 is 9.21 Å². The zero-order valence-corrected chi connectivity index (χ0v) is 16.7. The fourth-order valence-corrected chi connectivity index (χ4v) is 3.55. The number of rotatable bonds is 5.